The Bertz CT molecular complexity index is 1120. The highest BCUT2D eigenvalue weighted by atomic mass is 19.1. The van der Waals surface area contributed by atoms with Crippen LogP contribution in [0.3, 0.4) is 0 Å². The van der Waals surface area contributed by atoms with Crippen LogP contribution in [0.25, 0.3) is 16.9 Å². The van der Waals surface area contributed by atoms with Crippen LogP contribution in [0.2, 0.25) is 0 Å². The molecule has 0 saturated carbocycles. The summed E-state index contributed by atoms with van der Waals surface area (Å²) in [5.74, 6) is 0.181. The molecule has 0 saturated heterocycles. The van der Waals surface area contributed by atoms with Gasteiger partial charge in [-0.3, -0.25) is 9.78 Å². The molecule has 0 spiro atoms. The first-order valence-corrected chi connectivity index (χ1v) is 7.87. The molecule has 2 N–H and O–H groups in total. The quantitative estimate of drug-likeness (QED) is 0.584. The molecule has 8 nitrogen and oxygen atoms in total. The van der Waals surface area contributed by atoms with Crippen LogP contribution in [-0.2, 0) is 0 Å². The monoisotopic (exact) mass is 351 g/mol. The van der Waals surface area contributed by atoms with E-state index < -0.39 is 0 Å². The van der Waals surface area contributed by atoms with Crippen molar-refractivity contribution in [2.45, 2.75) is 13.0 Å². The molecule has 1 atom stereocenters. The SMILES string of the molecule is C[C@H](Nc1ccc2ncc(-c3cnc[nH]c3=O)n2n1)c1ccc(F)cn1. The fourth-order valence-corrected chi connectivity index (χ4v) is 2.60. The number of hydrogen-bond donors (Lipinski definition) is 2. The van der Waals surface area contributed by atoms with Crippen molar-refractivity contribution in [3.05, 3.63) is 71.0 Å². The summed E-state index contributed by atoms with van der Waals surface area (Å²) in [6.45, 7) is 1.90. The summed E-state index contributed by atoms with van der Waals surface area (Å²) in [6.07, 6.45) is 5.54. The van der Waals surface area contributed by atoms with Gasteiger partial charge in [0.05, 0.1) is 41.7 Å². The first kappa shape index (κ1) is 15.9. The predicted molar refractivity (Wildman–Crippen MR) is 93.1 cm³/mol. The van der Waals surface area contributed by atoms with Crippen LogP contribution in [0, 0.1) is 5.82 Å². The number of anilines is 1. The van der Waals surface area contributed by atoms with Gasteiger partial charge in [0.15, 0.2) is 5.65 Å². The van der Waals surface area contributed by atoms with E-state index >= 15 is 0 Å². The molecule has 26 heavy (non-hydrogen) atoms. The lowest BCUT2D eigenvalue weighted by atomic mass is 10.2. The molecule has 0 unspecified atom stereocenters. The van der Waals surface area contributed by atoms with Gasteiger partial charge >= 0.3 is 0 Å². The minimum absolute atomic E-state index is 0.186. The van der Waals surface area contributed by atoms with Crippen molar-refractivity contribution in [1.29, 1.82) is 0 Å². The molecule has 0 aliphatic rings. The third kappa shape index (κ3) is 2.90. The number of imidazole rings is 1. The minimum Gasteiger partial charge on any atom is -0.361 e. The molecule has 9 heteroatoms. The number of hydrogen-bond acceptors (Lipinski definition) is 6. The number of aromatic amines is 1. The van der Waals surface area contributed by atoms with Crippen molar-refractivity contribution in [3.8, 4) is 11.3 Å². The zero-order valence-corrected chi connectivity index (χ0v) is 13.7. The Balaban J connectivity index is 1.69. The highest BCUT2D eigenvalue weighted by molar-refractivity contribution is 5.61. The van der Waals surface area contributed by atoms with Gasteiger partial charge in [0.1, 0.15) is 11.6 Å². The lowest BCUT2D eigenvalue weighted by molar-refractivity contribution is 0.617. The number of halogens is 1. The van der Waals surface area contributed by atoms with Crippen molar-refractivity contribution in [3.63, 3.8) is 0 Å². The lowest BCUT2D eigenvalue weighted by Crippen LogP contribution is -2.12. The number of nitrogens with one attached hydrogen (secondary N) is 2. The fourth-order valence-electron chi connectivity index (χ4n) is 2.60. The molecule has 4 aromatic rings. The second-order valence-electron chi connectivity index (χ2n) is 5.69. The van der Waals surface area contributed by atoms with Gasteiger partial charge in [0, 0.05) is 6.20 Å². The van der Waals surface area contributed by atoms with Gasteiger partial charge in [-0.25, -0.2) is 18.9 Å². The van der Waals surface area contributed by atoms with E-state index in [9.17, 15) is 9.18 Å². The van der Waals surface area contributed by atoms with E-state index in [1.54, 1.807) is 28.9 Å². The third-order valence-corrected chi connectivity index (χ3v) is 3.92. The molecular formula is C17H14FN7O. The van der Waals surface area contributed by atoms with Gasteiger partial charge in [0.2, 0.25) is 0 Å². The number of aromatic nitrogens is 6. The number of nitrogens with zero attached hydrogens (tertiary/aromatic N) is 5. The molecular weight excluding hydrogens is 337 g/mol. The van der Waals surface area contributed by atoms with Crippen LogP contribution in [-0.4, -0.2) is 29.5 Å². The highest BCUT2D eigenvalue weighted by Gasteiger charge is 2.13. The fraction of sp³-hybridized carbons (Fsp3) is 0.118. The average molecular weight is 351 g/mol. The molecule has 0 radical (unpaired) electrons. The number of pyridine rings is 1. The lowest BCUT2D eigenvalue weighted by Gasteiger charge is -2.14. The topological polar surface area (TPSA) is 101 Å². The van der Waals surface area contributed by atoms with E-state index in [4.69, 9.17) is 0 Å². The van der Waals surface area contributed by atoms with E-state index in [2.05, 4.69) is 30.4 Å². The summed E-state index contributed by atoms with van der Waals surface area (Å²) < 4.78 is 14.6. The van der Waals surface area contributed by atoms with E-state index in [1.807, 2.05) is 6.92 Å². The smallest absolute Gasteiger partial charge is 0.260 e. The van der Waals surface area contributed by atoms with Gasteiger partial charge in [0.25, 0.3) is 5.56 Å². The summed E-state index contributed by atoms with van der Waals surface area (Å²) in [5, 5.41) is 7.70. The normalized spacial score (nSPS) is 12.2. The molecule has 0 aliphatic carbocycles. The Hall–Kier alpha value is -3.62. The third-order valence-electron chi connectivity index (χ3n) is 3.92. The number of H-pyrrole nitrogens is 1. The van der Waals surface area contributed by atoms with Crippen LogP contribution in [0.15, 0.2) is 54.0 Å². The Morgan fingerprint density at radius 3 is 2.81 bits per heavy atom. The van der Waals surface area contributed by atoms with Gasteiger partial charge in [-0.05, 0) is 31.2 Å². The first-order valence-electron chi connectivity index (χ1n) is 7.87. The van der Waals surface area contributed by atoms with Crippen LogP contribution in [0.5, 0.6) is 0 Å². The van der Waals surface area contributed by atoms with E-state index in [-0.39, 0.29) is 17.4 Å². The summed E-state index contributed by atoms with van der Waals surface area (Å²) in [5.41, 5.74) is 1.92. The van der Waals surface area contributed by atoms with Crippen LogP contribution >= 0.6 is 0 Å². The minimum atomic E-state index is -0.384. The molecule has 0 amide bonds. The molecule has 130 valence electrons. The standard InChI is InChI=1S/C17H14FN7O/c1-10(13-3-2-11(18)6-20-13)23-15-4-5-16-21-8-14(25(16)24-15)12-7-19-9-22-17(12)26/h2-10H,1H3,(H,23,24)(H,19,22,26)/t10-/m0/s1. The molecule has 0 aromatic carbocycles. The summed E-state index contributed by atoms with van der Waals surface area (Å²) in [4.78, 5) is 26.8. The van der Waals surface area contributed by atoms with Crippen molar-refractivity contribution >= 4 is 11.5 Å². The van der Waals surface area contributed by atoms with Crippen LogP contribution in [0.1, 0.15) is 18.7 Å². The predicted octanol–water partition coefficient (Wildman–Crippen LogP) is 2.19. The molecule has 0 fully saturated rings. The van der Waals surface area contributed by atoms with E-state index in [0.717, 1.165) is 0 Å². The molecule has 0 aliphatic heterocycles. The zero-order valence-electron chi connectivity index (χ0n) is 13.7. The largest absolute Gasteiger partial charge is 0.361 e. The van der Waals surface area contributed by atoms with Crippen LogP contribution < -0.4 is 10.9 Å². The van der Waals surface area contributed by atoms with E-state index in [0.29, 0.717) is 28.4 Å². The molecule has 4 aromatic heterocycles. The number of fused-ring (bicyclic) bond motifs is 1. The summed E-state index contributed by atoms with van der Waals surface area (Å²) in [6, 6.07) is 6.35. The second kappa shape index (κ2) is 6.36. The second-order valence-corrected chi connectivity index (χ2v) is 5.69. The molecule has 4 rings (SSSR count). The summed E-state index contributed by atoms with van der Waals surface area (Å²) in [7, 11) is 0. The highest BCUT2D eigenvalue weighted by Crippen LogP contribution is 2.19. The zero-order chi connectivity index (χ0) is 18.1. The van der Waals surface area contributed by atoms with Crippen molar-refractivity contribution < 1.29 is 4.39 Å². The number of rotatable bonds is 4. The van der Waals surface area contributed by atoms with Gasteiger partial charge in [-0.1, -0.05) is 0 Å². The van der Waals surface area contributed by atoms with Crippen molar-refractivity contribution in [1.82, 2.24) is 29.5 Å². The van der Waals surface area contributed by atoms with Crippen molar-refractivity contribution in [2.24, 2.45) is 0 Å². The Morgan fingerprint density at radius 2 is 2.04 bits per heavy atom. The van der Waals surface area contributed by atoms with Gasteiger partial charge in [-0.15, -0.1) is 5.10 Å². The first-order chi connectivity index (χ1) is 12.6. The maximum absolute atomic E-state index is 13.0. The molecule has 4 heterocycles. The Morgan fingerprint density at radius 1 is 1.15 bits per heavy atom. The molecule has 0 bridgehead atoms. The Kier molecular flexibility index (Phi) is 3.88. The Labute approximate surface area is 146 Å². The maximum Gasteiger partial charge on any atom is 0.260 e. The van der Waals surface area contributed by atoms with Gasteiger partial charge in [-0.2, -0.15) is 0 Å². The van der Waals surface area contributed by atoms with E-state index in [1.165, 1.54) is 24.8 Å². The average Bonchev–Trinajstić information content (AvgIpc) is 3.06. The van der Waals surface area contributed by atoms with Crippen molar-refractivity contribution in [2.75, 3.05) is 5.32 Å². The summed E-state index contributed by atoms with van der Waals surface area (Å²) >= 11 is 0. The van der Waals surface area contributed by atoms with Gasteiger partial charge < -0.3 is 10.3 Å². The van der Waals surface area contributed by atoms with Crippen LogP contribution in [0.4, 0.5) is 10.2 Å². The maximum atomic E-state index is 13.0.